The predicted octanol–water partition coefficient (Wildman–Crippen LogP) is 3.80. The van der Waals surface area contributed by atoms with Gasteiger partial charge in [-0.2, -0.15) is 0 Å². The van der Waals surface area contributed by atoms with Crippen molar-refractivity contribution in [3.05, 3.63) is 40.0 Å². The molecule has 140 valence electrons. The molecule has 0 heterocycles. The molecule has 0 radical (unpaired) electrons. The van der Waals surface area contributed by atoms with Gasteiger partial charge in [-0.1, -0.05) is 6.58 Å². The Labute approximate surface area is 151 Å². The normalized spacial score (nSPS) is 10.9. The van der Waals surface area contributed by atoms with Crippen molar-refractivity contribution in [1.82, 2.24) is 0 Å². The average Bonchev–Trinajstić information content (AvgIpc) is 2.61. The molecule has 0 unspecified atom stereocenters. The topological polar surface area (TPSA) is 121 Å². The molecule has 0 spiro atoms. The van der Waals surface area contributed by atoms with E-state index in [0.29, 0.717) is 5.57 Å². The molecule has 0 bridgehead atoms. The number of benzene rings is 2. The zero-order valence-corrected chi connectivity index (χ0v) is 15.3. The first-order chi connectivity index (χ1) is 12.0. The van der Waals surface area contributed by atoms with Gasteiger partial charge >= 0.3 is 0 Å². The lowest BCUT2D eigenvalue weighted by Crippen LogP contribution is -1.97. The van der Waals surface area contributed by atoms with Crippen LogP contribution < -0.4 is 0 Å². The fraction of sp³-hybridized carbons (Fsp3) is 0.300. The third-order valence-corrected chi connectivity index (χ3v) is 4.92. The van der Waals surface area contributed by atoms with E-state index in [1.807, 2.05) is 0 Å². The Hall–Kier alpha value is -3.02. The molecule has 6 nitrogen and oxygen atoms in total. The first-order valence-electron chi connectivity index (χ1n) is 8.15. The minimum atomic E-state index is -0.262. The van der Waals surface area contributed by atoms with Gasteiger partial charge in [0, 0.05) is 27.8 Å². The van der Waals surface area contributed by atoms with Crippen molar-refractivity contribution < 1.29 is 30.6 Å². The van der Waals surface area contributed by atoms with Crippen LogP contribution in [0.3, 0.4) is 0 Å². The van der Waals surface area contributed by atoms with Crippen LogP contribution in [0.5, 0.6) is 34.5 Å². The Morgan fingerprint density at radius 2 is 0.962 bits per heavy atom. The van der Waals surface area contributed by atoms with Gasteiger partial charge in [-0.15, -0.1) is 0 Å². The first kappa shape index (κ1) is 19.3. The van der Waals surface area contributed by atoms with Crippen molar-refractivity contribution in [3.8, 4) is 34.5 Å². The number of rotatable bonds is 4. The second-order valence-corrected chi connectivity index (χ2v) is 6.55. The van der Waals surface area contributed by atoms with Crippen LogP contribution in [0.25, 0.3) is 5.57 Å². The molecular weight excluding hydrogens is 336 g/mol. The summed E-state index contributed by atoms with van der Waals surface area (Å²) in [5.74, 6) is -1.28. The summed E-state index contributed by atoms with van der Waals surface area (Å²) in [7, 11) is 0. The minimum absolute atomic E-state index is 0.129. The lowest BCUT2D eigenvalue weighted by atomic mass is 9.92. The molecule has 0 fully saturated rings. The van der Waals surface area contributed by atoms with Crippen LogP contribution in [0, 0.1) is 27.7 Å². The SMILES string of the molecule is C=C(CCc1c(O)c(C)c(O)c(C)c1O)c1c(O)c(C)c(O)c(C)c1O. The zero-order valence-electron chi connectivity index (χ0n) is 15.3. The summed E-state index contributed by atoms with van der Waals surface area (Å²) >= 11 is 0. The van der Waals surface area contributed by atoms with Crippen molar-refractivity contribution in [1.29, 1.82) is 0 Å². The van der Waals surface area contributed by atoms with Crippen molar-refractivity contribution in [2.45, 2.75) is 40.5 Å². The Bertz CT molecular complexity index is 853. The fourth-order valence-corrected chi connectivity index (χ4v) is 3.04. The van der Waals surface area contributed by atoms with E-state index in [0.717, 1.165) is 0 Å². The Morgan fingerprint density at radius 1 is 0.615 bits per heavy atom. The molecule has 0 aliphatic rings. The summed E-state index contributed by atoms with van der Waals surface area (Å²) in [6.07, 6.45) is 0.395. The van der Waals surface area contributed by atoms with E-state index in [9.17, 15) is 30.6 Å². The Balaban J connectivity index is 2.41. The molecule has 0 saturated carbocycles. The van der Waals surface area contributed by atoms with Gasteiger partial charge in [-0.25, -0.2) is 0 Å². The molecule has 0 aliphatic carbocycles. The van der Waals surface area contributed by atoms with E-state index in [4.69, 9.17) is 0 Å². The quantitative estimate of drug-likeness (QED) is 0.493. The van der Waals surface area contributed by atoms with Gasteiger partial charge in [0.15, 0.2) is 0 Å². The maximum absolute atomic E-state index is 10.3. The monoisotopic (exact) mass is 360 g/mol. The minimum Gasteiger partial charge on any atom is -0.507 e. The number of hydrogen-bond acceptors (Lipinski definition) is 6. The van der Waals surface area contributed by atoms with Gasteiger partial charge in [-0.05, 0) is 46.1 Å². The number of phenols is 6. The highest BCUT2D eigenvalue weighted by Crippen LogP contribution is 2.46. The highest BCUT2D eigenvalue weighted by atomic mass is 16.3. The van der Waals surface area contributed by atoms with Gasteiger partial charge < -0.3 is 30.6 Å². The lowest BCUT2D eigenvalue weighted by Gasteiger charge is -2.18. The van der Waals surface area contributed by atoms with Gasteiger partial charge in [0.2, 0.25) is 0 Å². The molecule has 2 aromatic rings. The maximum atomic E-state index is 10.3. The Kier molecular flexibility index (Phi) is 4.98. The van der Waals surface area contributed by atoms with Crippen molar-refractivity contribution >= 4 is 5.57 Å². The van der Waals surface area contributed by atoms with Crippen molar-refractivity contribution in [2.24, 2.45) is 0 Å². The number of aromatic hydroxyl groups is 6. The summed E-state index contributed by atoms with van der Waals surface area (Å²) in [5.41, 5.74) is 1.77. The largest absolute Gasteiger partial charge is 0.507 e. The van der Waals surface area contributed by atoms with E-state index in [-0.39, 0.29) is 80.7 Å². The van der Waals surface area contributed by atoms with E-state index in [1.165, 1.54) is 13.8 Å². The van der Waals surface area contributed by atoms with E-state index < -0.39 is 0 Å². The molecular formula is C20H24O6. The standard InChI is InChI=1S/C20H24O6/c1-8(14-19(25)11(4)16(22)12(5)20(14)26)6-7-13-17(23)9(2)15(21)10(3)18(13)24/h21-26H,1,6-7H2,2-5H3. The van der Waals surface area contributed by atoms with Gasteiger partial charge in [0.1, 0.15) is 34.5 Å². The molecule has 26 heavy (non-hydrogen) atoms. The molecule has 6 heteroatoms. The maximum Gasteiger partial charge on any atom is 0.133 e. The molecule has 2 aromatic carbocycles. The second-order valence-electron chi connectivity index (χ2n) is 6.55. The smallest absolute Gasteiger partial charge is 0.133 e. The predicted molar refractivity (Wildman–Crippen MR) is 99.2 cm³/mol. The van der Waals surface area contributed by atoms with Gasteiger partial charge in [0.05, 0.1) is 5.56 Å². The summed E-state index contributed by atoms with van der Waals surface area (Å²) < 4.78 is 0. The van der Waals surface area contributed by atoms with E-state index in [1.54, 1.807) is 13.8 Å². The molecule has 2 rings (SSSR count). The Morgan fingerprint density at radius 3 is 1.35 bits per heavy atom. The summed E-state index contributed by atoms with van der Waals surface area (Å²) in [4.78, 5) is 0. The summed E-state index contributed by atoms with van der Waals surface area (Å²) in [6, 6.07) is 0. The van der Waals surface area contributed by atoms with Gasteiger partial charge in [-0.3, -0.25) is 0 Å². The number of allylic oxidation sites excluding steroid dienone is 1. The van der Waals surface area contributed by atoms with Crippen molar-refractivity contribution in [2.75, 3.05) is 0 Å². The molecule has 6 N–H and O–H groups in total. The van der Waals surface area contributed by atoms with Crippen molar-refractivity contribution in [3.63, 3.8) is 0 Å². The molecule has 0 amide bonds. The van der Waals surface area contributed by atoms with Crippen LogP contribution >= 0.6 is 0 Å². The van der Waals surface area contributed by atoms with E-state index >= 15 is 0 Å². The highest BCUT2D eigenvalue weighted by Gasteiger charge is 2.22. The molecule has 0 atom stereocenters. The number of phenolic OH excluding ortho intramolecular Hbond substituents is 6. The van der Waals surface area contributed by atoms with Crippen LogP contribution in [0.15, 0.2) is 6.58 Å². The summed E-state index contributed by atoms with van der Waals surface area (Å²) in [6.45, 7) is 10.0. The number of hydrogen-bond donors (Lipinski definition) is 6. The first-order valence-corrected chi connectivity index (χ1v) is 8.15. The molecule has 0 aromatic heterocycles. The lowest BCUT2D eigenvalue weighted by molar-refractivity contribution is 0.409. The third kappa shape index (κ3) is 2.87. The van der Waals surface area contributed by atoms with Crippen LogP contribution in [0.2, 0.25) is 0 Å². The fourth-order valence-electron chi connectivity index (χ4n) is 3.04. The van der Waals surface area contributed by atoms with Crippen LogP contribution in [0.1, 0.15) is 39.8 Å². The van der Waals surface area contributed by atoms with E-state index in [2.05, 4.69) is 6.58 Å². The summed E-state index contributed by atoms with van der Waals surface area (Å²) in [5, 5.41) is 60.8. The highest BCUT2D eigenvalue weighted by molar-refractivity contribution is 5.78. The van der Waals surface area contributed by atoms with Crippen LogP contribution in [0.4, 0.5) is 0 Å². The zero-order chi connectivity index (χ0) is 19.9. The average molecular weight is 360 g/mol. The molecule has 0 saturated heterocycles. The van der Waals surface area contributed by atoms with Crippen LogP contribution in [-0.4, -0.2) is 30.6 Å². The third-order valence-electron chi connectivity index (χ3n) is 4.92. The second kappa shape index (κ2) is 6.71. The molecule has 0 aliphatic heterocycles. The van der Waals surface area contributed by atoms with Crippen LogP contribution in [-0.2, 0) is 6.42 Å². The van der Waals surface area contributed by atoms with Gasteiger partial charge in [0.25, 0.3) is 0 Å².